The van der Waals surface area contributed by atoms with Crippen LogP contribution in [-0.2, 0) is 4.74 Å². The van der Waals surface area contributed by atoms with E-state index >= 15 is 0 Å². The molecule has 2 N–H and O–H groups in total. The molecule has 1 saturated carbocycles. The lowest BCUT2D eigenvalue weighted by molar-refractivity contribution is 0.0277. The van der Waals surface area contributed by atoms with Crippen molar-refractivity contribution in [3.63, 3.8) is 0 Å². The highest BCUT2D eigenvalue weighted by atomic mass is 127. The number of hydrogen-bond acceptors (Lipinski definition) is 4. The Hall–Kier alpha value is -0.380. The highest BCUT2D eigenvalue weighted by Gasteiger charge is 2.31. The lowest BCUT2D eigenvalue weighted by Crippen LogP contribution is -2.45. The van der Waals surface area contributed by atoms with Gasteiger partial charge in [-0.25, -0.2) is 0 Å². The number of nitrogens with one attached hydrogen (secondary N) is 2. The Bertz CT molecular complexity index is 577. The van der Waals surface area contributed by atoms with Crippen molar-refractivity contribution >= 4 is 41.3 Å². The average Bonchev–Trinajstić information content (AvgIpc) is 3.25. The lowest BCUT2D eigenvalue weighted by atomic mass is 9.88. The maximum atomic E-state index is 6.02. The van der Waals surface area contributed by atoms with Crippen LogP contribution in [0.25, 0.3) is 0 Å². The minimum absolute atomic E-state index is 0. The van der Waals surface area contributed by atoms with Crippen molar-refractivity contribution in [3.05, 3.63) is 22.4 Å². The zero-order valence-electron chi connectivity index (χ0n) is 18.1. The van der Waals surface area contributed by atoms with Gasteiger partial charge in [-0.3, -0.25) is 9.89 Å². The summed E-state index contributed by atoms with van der Waals surface area (Å²) >= 11 is 1.88. The van der Waals surface area contributed by atoms with Gasteiger partial charge in [-0.15, -0.1) is 35.3 Å². The molecule has 5 nitrogen and oxygen atoms in total. The molecule has 1 aliphatic heterocycles. The summed E-state index contributed by atoms with van der Waals surface area (Å²) in [5, 5.41) is 9.22. The summed E-state index contributed by atoms with van der Waals surface area (Å²) in [6, 6.07) is 4.97. The van der Waals surface area contributed by atoms with Crippen LogP contribution in [-0.4, -0.2) is 57.3 Å². The number of piperidine rings is 1. The molecular formula is C22H39IN4OS. The SMILES string of the molecule is CN=C(NCCCOC1CCCCC1)NCC1CCCN(C)C1c1cccs1.I. The van der Waals surface area contributed by atoms with E-state index in [4.69, 9.17) is 4.74 Å². The van der Waals surface area contributed by atoms with Gasteiger partial charge in [0.1, 0.15) is 0 Å². The van der Waals surface area contributed by atoms with Crippen molar-refractivity contribution < 1.29 is 4.74 Å². The number of guanidine groups is 1. The minimum atomic E-state index is 0. The minimum Gasteiger partial charge on any atom is -0.378 e. The second-order valence-electron chi connectivity index (χ2n) is 8.21. The zero-order chi connectivity index (χ0) is 19.6. The Morgan fingerprint density at radius 1 is 1.21 bits per heavy atom. The summed E-state index contributed by atoms with van der Waals surface area (Å²) in [6.07, 6.45) is 10.6. The summed E-state index contributed by atoms with van der Waals surface area (Å²) in [7, 11) is 4.12. The van der Waals surface area contributed by atoms with Crippen LogP contribution in [0.1, 0.15) is 62.3 Å². The molecule has 0 amide bonds. The molecule has 0 aromatic carbocycles. The Balaban J connectivity index is 0.00000300. The van der Waals surface area contributed by atoms with E-state index in [2.05, 4.69) is 45.1 Å². The van der Waals surface area contributed by atoms with Gasteiger partial charge in [0.15, 0.2) is 5.96 Å². The highest BCUT2D eigenvalue weighted by molar-refractivity contribution is 14.0. The van der Waals surface area contributed by atoms with Gasteiger partial charge in [-0.2, -0.15) is 0 Å². The Morgan fingerprint density at radius 2 is 2.03 bits per heavy atom. The van der Waals surface area contributed by atoms with Gasteiger partial charge in [0, 0.05) is 37.7 Å². The number of halogens is 1. The number of hydrogen-bond donors (Lipinski definition) is 2. The average molecular weight is 535 g/mol. The summed E-state index contributed by atoms with van der Waals surface area (Å²) in [5.41, 5.74) is 0. The van der Waals surface area contributed by atoms with Gasteiger partial charge in [-0.1, -0.05) is 25.3 Å². The van der Waals surface area contributed by atoms with E-state index in [1.165, 1.54) is 56.4 Å². The number of nitrogens with zero attached hydrogens (tertiary/aromatic N) is 2. The molecular weight excluding hydrogens is 495 g/mol. The van der Waals surface area contributed by atoms with Crippen molar-refractivity contribution in [1.29, 1.82) is 0 Å². The van der Waals surface area contributed by atoms with E-state index in [1.807, 2.05) is 18.4 Å². The first kappa shape index (κ1) is 24.9. The molecule has 166 valence electrons. The van der Waals surface area contributed by atoms with Crippen LogP contribution in [0.3, 0.4) is 0 Å². The highest BCUT2D eigenvalue weighted by Crippen LogP contribution is 2.36. The van der Waals surface area contributed by atoms with E-state index < -0.39 is 0 Å². The lowest BCUT2D eigenvalue weighted by Gasteiger charge is -2.39. The van der Waals surface area contributed by atoms with Crippen LogP contribution in [0.2, 0.25) is 0 Å². The third kappa shape index (κ3) is 7.99. The van der Waals surface area contributed by atoms with Crippen LogP contribution in [0.4, 0.5) is 0 Å². The van der Waals surface area contributed by atoms with E-state index in [9.17, 15) is 0 Å². The van der Waals surface area contributed by atoms with Crippen LogP contribution in [0, 0.1) is 5.92 Å². The van der Waals surface area contributed by atoms with Crippen LogP contribution >= 0.6 is 35.3 Å². The van der Waals surface area contributed by atoms with E-state index in [-0.39, 0.29) is 24.0 Å². The van der Waals surface area contributed by atoms with Gasteiger partial charge >= 0.3 is 0 Å². The van der Waals surface area contributed by atoms with Gasteiger partial charge < -0.3 is 15.4 Å². The second-order valence-corrected chi connectivity index (χ2v) is 9.19. The Kier molecular flexibility index (Phi) is 11.9. The van der Waals surface area contributed by atoms with E-state index in [1.54, 1.807) is 0 Å². The predicted molar refractivity (Wildman–Crippen MR) is 135 cm³/mol. The first-order valence-electron chi connectivity index (χ1n) is 11.1. The molecule has 0 radical (unpaired) electrons. The Morgan fingerprint density at radius 3 is 2.76 bits per heavy atom. The molecule has 2 aliphatic rings. The van der Waals surface area contributed by atoms with Crippen molar-refractivity contribution in [3.8, 4) is 0 Å². The van der Waals surface area contributed by atoms with Gasteiger partial charge in [0.25, 0.3) is 0 Å². The van der Waals surface area contributed by atoms with Crippen molar-refractivity contribution in [1.82, 2.24) is 15.5 Å². The summed E-state index contributed by atoms with van der Waals surface area (Å²) in [6.45, 7) is 3.91. The maximum Gasteiger partial charge on any atom is 0.190 e. The molecule has 29 heavy (non-hydrogen) atoms. The van der Waals surface area contributed by atoms with Crippen LogP contribution in [0.5, 0.6) is 0 Å². The van der Waals surface area contributed by atoms with E-state index in [0.717, 1.165) is 32.1 Å². The van der Waals surface area contributed by atoms with Crippen LogP contribution < -0.4 is 10.6 Å². The standard InChI is InChI=1S/C22H38N4OS.HI/c1-23-22(24-13-8-15-27-19-10-4-3-5-11-19)25-17-18-9-6-14-26(2)21(18)20-12-7-16-28-20;/h7,12,16,18-19,21H,3-6,8-11,13-15,17H2,1-2H3,(H2,23,24,25);1H. The van der Waals surface area contributed by atoms with Gasteiger partial charge in [0.2, 0.25) is 0 Å². The topological polar surface area (TPSA) is 48.9 Å². The molecule has 2 unspecified atom stereocenters. The number of ether oxygens (including phenoxy) is 1. The van der Waals surface area contributed by atoms with E-state index in [0.29, 0.717) is 18.1 Å². The molecule has 2 atom stereocenters. The quantitative estimate of drug-likeness (QED) is 0.221. The van der Waals surface area contributed by atoms with Crippen molar-refractivity contribution in [2.75, 3.05) is 40.3 Å². The second kappa shape index (κ2) is 13.8. The Labute approximate surface area is 198 Å². The molecule has 1 aromatic rings. The molecule has 2 heterocycles. The molecule has 3 rings (SSSR count). The molecule has 1 saturated heterocycles. The van der Waals surface area contributed by atoms with Gasteiger partial charge in [0.05, 0.1) is 6.10 Å². The first-order chi connectivity index (χ1) is 13.8. The fourth-order valence-corrected chi connectivity index (χ4v) is 5.57. The molecule has 2 fully saturated rings. The van der Waals surface area contributed by atoms with Crippen molar-refractivity contribution in [2.24, 2.45) is 10.9 Å². The number of aliphatic imine (C=N–C) groups is 1. The number of rotatable bonds is 8. The largest absolute Gasteiger partial charge is 0.378 e. The third-order valence-corrected chi connectivity index (χ3v) is 7.06. The smallest absolute Gasteiger partial charge is 0.190 e. The third-order valence-electron chi connectivity index (χ3n) is 6.12. The first-order valence-corrected chi connectivity index (χ1v) is 12.0. The zero-order valence-corrected chi connectivity index (χ0v) is 21.2. The molecule has 0 bridgehead atoms. The monoisotopic (exact) mass is 534 g/mol. The number of thiophene rings is 1. The summed E-state index contributed by atoms with van der Waals surface area (Å²) < 4.78 is 6.02. The predicted octanol–water partition coefficient (Wildman–Crippen LogP) is 4.65. The molecule has 1 aromatic heterocycles. The summed E-state index contributed by atoms with van der Waals surface area (Å²) in [5.74, 6) is 1.53. The maximum absolute atomic E-state index is 6.02. The fraction of sp³-hybridized carbons (Fsp3) is 0.773. The number of likely N-dealkylation sites (tertiary alicyclic amines) is 1. The fourth-order valence-electron chi connectivity index (χ4n) is 4.59. The van der Waals surface area contributed by atoms with Gasteiger partial charge in [-0.05, 0) is 63.1 Å². The normalized spacial score (nSPS) is 24.1. The molecule has 1 aliphatic carbocycles. The van der Waals surface area contributed by atoms with Crippen molar-refractivity contribution in [2.45, 2.75) is 63.5 Å². The molecule has 7 heteroatoms. The molecule has 0 spiro atoms. The summed E-state index contributed by atoms with van der Waals surface area (Å²) in [4.78, 5) is 8.41. The van der Waals surface area contributed by atoms with Crippen LogP contribution in [0.15, 0.2) is 22.5 Å².